The number of carbonyl (C=O) groups is 2. The molecule has 8 atom stereocenters. The molecule has 32 heavy (non-hydrogen) atoms. The molecular formula is C24H30O8. The molecule has 5 aliphatic rings. The molecule has 0 aromatic heterocycles. The molecule has 8 nitrogen and oxygen atoms in total. The van der Waals surface area contributed by atoms with Crippen LogP contribution in [0.3, 0.4) is 0 Å². The van der Waals surface area contributed by atoms with Gasteiger partial charge in [-0.3, -0.25) is 4.79 Å². The molecule has 5 fully saturated rings. The third-order valence-corrected chi connectivity index (χ3v) is 7.68. The van der Waals surface area contributed by atoms with E-state index in [0.717, 1.165) is 19.3 Å². The summed E-state index contributed by atoms with van der Waals surface area (Å²) in [6.07, 6.45) is 2.09. The lowest BCUT2D eigenvalue weighted by Crippen LogP contribution is -2.70. The standard InChI is InChI=1S/C24H30O8/c1-13-9-10-18-14(2)21(28-20(26)16-7-5-6-8-19(16)27-15(3)25)29-22-24(18)17(13)11-12-23(4,30-22)31-32-24/h5-8,13-14,17-18,21-22H,9-12H2,1-4H3/t13-,14-,17+,18-,21-,22-,23-,24-/m1/s1. The van der Waals surface area contributed by atoms with Crippen molar-refractivity contribution in [3.63, 3.8) is 0 Å². The summed E-state index contributed by atoms with van der Waals surface area (Å²) in [4.78, 5) is 36.4. The monoisotopic (exact) mass is 446 g/mol. The first-order valence-corrected chi connectivity index (χ1v) is 11.4. The zero-order valence-corrected chi connectivity index (χ0v) is 18.9. The fraction of sp³-hybridized carbons (Fsp3) is 0.667. The molecule has 1 aromatic carbocycles. The first-order valence-electron chi connectivity index (χ1n) is 11.4. The molecule has 174 valence electrons. The SMILES string of the molecule is CC(=O)Oc1ccccc1C(=O)O[C@@H]1O[C@@H]2O[C@@]3(C)CC[C@H]4[C@H](C)CC[C@H]([C@H]1C)[C@@]24OO3. The van der Waals surface area contributed by atoms with Crippen molar-refractivity contribution in [2.24, 2.45) is 23.7 Å². The number of esters is 2. The predicted octanol–water partition coefficient (Wildman–Crippen LogP) is 3.98. The van der Waals surface area contributed by atoms with E-state index in [9.17, 15) is 9.59 Å². The number of hydrogen-bond donors (Lipinski definition) is 0. The summed E-state index contributed by atoms with van der Waals surface area (Å²) >= 11 is 0. The van der Waals surface area contributed by atoms with Gasteiger partial charge in [0, 0.05) is 25.2 Å². The fourth-order valence-electron chi connectivity index (χ4n) is 6.05. The number of fused-ring (bicyclic) bond motifs is 2. The van der Waals surface area contributed by atoms with Gasteiger partial charge in [-0.2, -0.15) is 0 Å². The van der Waals surface area contributed by atoms with Crippen LogP contribution in [0.5, 0.6) is 5.75 Å². The average Bonchev–Trinajstić information content (AvgIpc) is 2.97. The second-order valence-electron chi connectivity index (χ2n) is 9.77. The van der Waals surface area contributed by atoms with Gasteiger partial charge in [-0.25, -0.2) is 14.6 Å². The van der Waals surface area contributed by atoms with Gasteiger partial charge in [0.25, 0.3) is 0 Å². The second kappa shape index (κ2) is 7.80. The van der Waals surface area contributed by atoms with Crippen LogP contribution in [0.15, 0.2) is 24.3 Å². The molecule has 4 heterocycles. The van der Waals surface area contributed by atoms with Crippen LogP contribution in [0, 0.1) is 23.7 Å². The first-order chi connectivity index (χ1) is 15.2. The normalized spacial score (nSPS) is 42.5. The lowest BCUT2D eigenvalue weighted by atomic mass is 9.58. The molecular weight excluding hydrogens is 416 g/mol. The molecule has 0 amide bonds. The number of rotatable bonds is 3. The Balaban J connectivity index is 1.43. The smallest absolute Gasteiger partial charge is 0.344 e. The number of para-hydroxylation sites is 1. The van der Waals surface area contributed by atoms with Crippen molar-refractivity contribution in [1.29, 1.82) is 0 Å². The van der Waals surface area contributed by atoms with Gasteiger partial charge < -0.3 is 18.9 Å². The van der Waals surface area contributed by atoms with Crippen LogP contribution in [0.2, 0.25) is 0 Å². The van der Waals surface area contributed by atoms with Crippen LogP contribution in [0.25, 0.3) is 0 Å². The molecule has 2 bridgehead atoms. The molecule has 0 unspecified atom stereocenters. The van der Waals surface area contributed by atoms with Gasteiger partial charge in [0.1, 0.15) is 11.3 Å². The topological polar surface area (TPSA) is 89.5 Å². The number of hydrogen-bond acceptors (Lipinski definition) is 8. The minimum Gasteiger partial charge on any atom is -0.432 e. The number of ether oxygens (including phenoxy) is 4. The van der Waals surface area contributed by atoms with Crippen molar-refractivity contribution in [3.05, 3.63) is 29.8 Å². The number of benzene rings is 1. The zero-order valence-electron chi connectivity index (χ0n) is 18.9. The first kappa shape index (κ1) is 21.8. The Kier molecular flexibility index (Phi) is 5.32. The summed E-state index contributed by atoms with van der Waals surface area (Å²) in [6, 6.07) is 6.51. The minimum absolute atomic E-state index is 0.0478. The quantitative estimate of drug-likeness (QED) is 0.391. The van der Waals surface area contributed by atoms with E-state index in [1.165, 1.54) is 6.92 Å². The van der Waals surface area contributed by atoms with Crippen LogP contribution < -0.4 is 4.74 Å². The average molecular weight is 446 g/mol. The highest BCUT2D eigenvalue weighted by atomic mass is 17.3. The van der Waals surface area contributed by atoms with Gasteiger partial charge >= 0.3 is 11.9 Å². The van der Waals surface area contributed by atoms with Crippen molar-refractivity contribution in [2.45, 2.75) is 77.3 Å². The predicted molar refractivity (Wildman–Crippen MR) is 110 cm³/mol. The highest BCUT2D eigenvalue weighted by Crippen LogP contribution is 2.60. The lowest BCUT2D eigenvalue weighted by molar-refractivity contribution is -0.576. The molecule has 6 rings (SSSR count). The third kappa shape index (κ3) is 3.36. The van der Waals surface area contributed by atoms with Crippen molar-refractivity contribution < 1.29 is 38.3 Å². The Morgan fingerprint density at radius 3 is 2.62 bits per heavy atom. The Morgan fingerprint density at radius 2 is 1.84 bits per heavy atom. The maximum absolute atomic E-state index is 13.0. The summed E-state index contributed by atoms with van der Waals surface area (Å²) in [6.45, 7) is 7.41. The summed E-state index contributed by atoms with van der Waals surface area (Å²) in [5.74, 6) is -1.26. The second-order valence-corrected chi connectivity index (χ2v) is 9.77. The van der Waals surface area contributed by atoms with Gasteiger partial charge in [0.2, 0.25) is 12.1 Å². The molecule has 1 spiro atoms. The van der Waals surface area contributed by atoms with Gasteiger partial charge in [-0.05, 0) is 50.2 Å². The largest absolute Gasteiger partial charge is 0.432 e. The highest BCUT2D eigenvalue weighted by molar-refractivity contribution is 5.93. The third-order valence-electron chi connectivity index (χ3n) is 7.68. The van der Waals surface area contributed by atoms with Crippen molar-refractivity contribution in [2.75, 3.05) is 0 Å². The lowest BCUT2D eigenvalue weighted by Gasteiger charge is -2.59. The molecule has 0 N–H and O–H groups in total. The Morgan fingerprint density at radius 1 is 1.06 bits per heavy atom. The molecule has 4 saturated heterocycles. The Labute approximate surface area is 187 Å². The maximum atomic E-state index is 13.0. The van der Waals surface area contributed by atoms with Gasteiger partial charge in [-0.15, -0.1) is 0 Å². The maximum Gasteiger partial charge on any atom is 0.344 e. The van der Waals surface area contributed by atoms with E-state index in [0.29, 0.717) is 12.3 Å². The van der Waals surface area contributed by atoms with Crippen LogP contribution in [-0.4, -0.2) is 35.9 Å². The Hall–Kier alpha value is -2.00. The van der Waals surface area contributed by atoms with E-state index < -0.39 is 35.9 Å². The van der Waals surface area contributed by atoms with Crippen molar-refractivity contribution in [3.8, 4) is 5.75 Å². The molecule has 0 radical (unpaired) electrons. The van der Waals surface area contributed by atoms with E-state index >= 15 is 0 Å². The van der Waals surface area contributed by atoms with Gasteiger partial charge in [0.05, 0.1) is 0 Å². The van der Waals surface area contributed by atoms with E-state index in [-0.39, 0.29) is 29.1 Å². The molecule has 4 aliphatic heterocycles. The van der Waals surface area contributed by atoms with Crippen molar-refractivity contribution >= 4 is 11.9 Å². The highest BCUT2D eigenvalue weighted by Gasteiger charge is 2.69. The molecule has 8 heteroatoms. The minimum atomic E-state index is -0.894. The van der Waals surface area contributed by atoms with Crippen LogP contribution in [0.1, 0.15) is 63.7 Å². The molecule has 1 saturated carbocycles. The summed E-state index contributed by atoms with van der Waals surface area (Å²) < 4.78 is 23.6. The van der Waals surface area contributed by atoms with Crippen LogP contribution >= 0.6 is 0 Å². The zero-order chi connectivity index (χ0) is 22.7. The van der Waals surface area contributed by atoms with Gasteiger partial charge in [-0.1, -0.05) is 26.0 Å². The van der Waals surface area contributed by atoms with E-state index in [4.69, 9.17) is 28.7 Å². The van der Waals surface area contributed by atoms with Crippen LogP contribution in [0.4, 0.5) is 0 Å². The van der Waals surface area contributed by atoms with Gasteiger partial charge in [0.15, 0.2) is 11.9 Å². The Bertz CT molecular complexity index is 917. The summed E-state index contributed by atoms with van der Waals surface area (Å²) in [5.41, 5.74) is -0.546. The van der Waals surface area contributed by atoms with Crippen molar-refractivity contribution in [1.82, 2.24) is 0 Å². The van der Waals surface area contributed by atoms with E-state index in [1.54, 1.807) is 24.3 Å². The van der Waals surface area contributed by atoms with E-state index in [2.05, 4.69) is 6.92 Å². The number of carbonyl (C=O) groups excluding carboxylic acids is 2. The fourth-order valence-corrected chi connectivity index (χ4v) is 6.05. The summed E-state index contributed by atoms with van der Waals surface area (Å²) in [7, 11) is 0. The molecule has 1 aliphatic carbocycles. The summed E-state index contributed by atoms with van der Waals surface area (Å²) in [5, 5.41) is 0. The van der Waals surface area contributed by atoms with E-state index in [1.807, 2.05) is 13.8 Å². The molecule has 1 aromatic rings. The van der Waals surface area contributed by atoms with Crippen LogP contribution in [-0.2, 0) is 28.8 Å².